The van der Waals surface area contributed by atoms with Crippen molar-refractivity contribution in [3.8, 4) is 17.1 Å². The van der Waals surface area contributed by atoms with Gasteiger partial charge in [-0.25, -0.2) is 0 Å². The maximum absolute atomic E-state index is 12.5. The number of nitrogens with zero attached hydrogens (tertiary/aromatic N) is 3. The number of thioether (sulfide) groups is 1. The molecule has 3 aromatic rings. The van der Waals surface area contributed by atoms with E-state index in [0.29, 0.717) is 28.0 Å². The molecule has 138 valence electrons. The Bertz CT molecular complexity index is 1040. The van der Waals surface area contributed by atoms with Gasteiger partial charge in [0.15, 0.2) is 23.4 Å². The molecule has 1 aliphatic rings. The molecule has 3 heterocycles. The Hall–Kier alpha value is -3.07. The van der Waals surface area contributed by atoms with Gasteiger partial charge in [-0.05, 0) is 31.2 Å². The van der Waals surface area contributed by atoms with Crippen LogP contribution < -0.4 is 10.1 Å². The number of amides is 1. The van der Waals surface area contributed by atoms with Crippen LogP contribution in [0.2, 0.25) is 0 Å². The number of hydrogen-bond acceptors (Lipinski definition) is 7. The van der Waals surface area contributed by atoms with Gasteiger partial charge >= 0.3 is 0 Å². The number of anilines is 1. The summed E-state index contributed by atoms with van der Waals surface area (Å²) in [6.07, 6.45) is 1.61. The molecule has 8 nitrogen and oxygen atoms in total. The molecule has 9 heteroatoms. The van der Waals surface area contributed by atoms with Gasteiger partial charge < -0.3 is 19.0 Å². The Balaban J connectivity index is 1.47. The lowest BCUT2D eigenvalue weighted by atomic mass is 10.1. The van der Waals surface area contributed by atoms with Crippen LogP contribution >= 0.6 is 11.8 Å². The Kier molecular flexibility index (Phi) is 4.44. The van der Waals surface area contributed by atoms with Crippen molar-refractivity contribution in [2.24, 2.45) is 7.05 Å². The lowest BCUT2D eigenvalue weighted by molar-refractivity contribution is -0.118. The van der Waals surface area contributed by atoms with Crippen molar-refractivity contribution in [2.75, 3.05) is 17.7 Å². The second-order valence-corrected chi connectivity index (χ2v) is 6.96. The lowest BCUT2D eigenvalue weighted by Gasteiger charge is -2.18. The zero-order chi connectivity index (χ0) is 19.0. The molecule has 0 bridgehead atoms. The maximum Gasteiger partial charge on any atom is 0.262 e. The lowest BCUT2D eigenvalue weighted by Crippen LogP contribution is -2.25. The van der Waals surface area contributed by atoms with Gasteiger partial charge in [-0.3, -0.25) is 9.59 Å². The number of carbonyl (C=O) groups excluding carboxylic acids is 2. The van der Waals surface area contributed by atoms with E-state index < -0.39 is 0 Å². The highest BCUT2D eigenvalue weighted by molar-refractivity contribution is 7.99. The van der Waals surface area contributed by atoms with Crippen molar-refractivity contribution in [1.29, 1.82) is 0 Å². The molecular formula is C18H16N4O4S. The monoisotopic (exact) mass is 384 g/mol. The third kappa shape index (κ3) is 3.33. The highest BCUT2D eigenvalue weighted by atomic mass is 32.2. The quantitative estimate of drug-likeness (QED) is 0.533. The first-order valence-corrected chi connectivity index (χ1v) is 9.18. The molecule has 0 unspecified atom stereocenters. The minimum absolute atomic E-state index is 0.0131. The van der Waals surface area contributed by atoms with E-state index in [-0.39, 0.29) is 24.1 Å². The van der Waals surface area contributed by atoms with Crippen molar-refractivity contribution >= 4 is 29.1 Å². The minimum atomic E-state index is -0.234. The molecular weight excluding hydrogens is 368 g/mol. The molecule has 0 radical (unpaired) electrons. The van der Waals surface area contributed by atoms with E-state index in [0.717, 1.165) is 11.3 Å². The van der Waals surface area contributed by atoms with E-state index in [9.17, 15) is 9.59 Å². The second kappa shape index (κ2) is 6.92. The van der Waals surface area contributed by atoms with Crippen LogP contribution in [0.4, 0.5) is 5.69 Å². The topological polar surface area (TPSA) is 99.2 Å². The number of furan rings is 1. The largest absolute Gasteiger partial charge is 0.482 e. The highest BCUT2D eigenvalue weighted by Crippen LogP contribution is 2.30. The van der Waals surface area contributed by atoms with Gasteiger partial charge in [-0.2, -0.15) is 0 Å². The molecule has 0 aliphatic carbocycles. The van der Waals surface area contributed by atoms with Gasteiger partial charge in [0.05, 0.1) is 23.3 Å². The molecule has 4 rings (SSSR count). The van der Waals surface area contributed by atoms with Crippen molar-refractivity contribution in [3.05, 3.63) is 41.9 Å². The van der Waals surface area contributed by atoms with Crippen LogP contribution in [0.3, 0.4) is 0 Å². The van der Waals surface area contributed by atoms with Crippen molar-refractivity contribution < 1.29 is 18.7 Å². The predicted molar refractivity (Wildman–Crippen MR) is 99.1 cm³/mol. The average molecular weight is 384 g/mol. The van der Waals surface area contributed by atoms with Crippen LogP contribution in [0, 0.1) is 6.92 Å². The Morgan fingerprint density at radius 2 is 2.19 bits per heavy atom. The van der Waals surface area contributed by atoms with Gasteiger partial charge in [0, 0.05) is 12.6 Å². The molecule has 2 aromatic heterocycles. The van der Waals surface area contributed by atoms with Crippen molar-refractivity contribution in [2.45, 2.75) is 12.1 Å². The fourth-order valence-electron chi connectivity index (χ4n) is 2.76. The number of ketones is 1. The average Bonchev–Trinajstić information content (AvgIpc) is 3.24. The fraction of sp³-hybridized carbons (Fsp3) is 0.222. The molecule has 1 amide bonds. The standard InChI is InChI=1S/C18H16N4O4S/c1-10-12(5-6-25-10)17-20-21-18(22(17)2)27-9-14(23)11-3-4-15-13(7-11)19-16(24)8-26-15/h3-7H,8-9H2,1-2H3,(H,19,24). The number of rotatable bonds is 5. The predicted octanol–water partition coefficient (Wildman–Crippen LogP) is 2.69. The molecule has 0 atom stereocenters. The molecule has 0 spiro atoms. The van der Waals surface area contributed by atoms with Crippen LogP contribution in [-0.2, 0) is 11.8 Å². The third-order valence-electron chi connectivity index (χ3n) is 4.20. The van der Waals surface area contributed by atoms with E-state index in [1.807, 2.05) is 24.6 Å². The summed E-state index contributed by atoms with van der Waals surface area (Å²) in [5.41, 5.74) is 1.88. The third-order valence-corrected chi connectivity index (χ3v) is 5.22. The minimum Gasteiger partial charge on any atom is -0.482 e. The van der Waals surface area contributed by atoms with E-state index in [1.54, 1.807) is 24.5 Å². The summed E-state index contributed by atoms with van der Waals surface area (Å²) in [7, 11) is 1.85. The number of nitrogens with one attached hydrogen (secondary N) is 1. The van der Waals surface area contributed by atoms with Crippen molar-refractivity contribution in [3.63, 3.8) is 0 Å². The van der Waals surface area contributed by atoms with Crippen LogP contribution in [0.15, 0.2) is 40.1 Å². The Labute approximate surface area is 158 Å². The zero-order valence-corrected chi connectivity index (χ0v) is 15.5. The molecule has 1 aliphatic heterocycles. The van der Waals surface area contributed by atoms with Gasteiger partial charge in [0.2, 0.25) is 0 Å². The number of fused-ring (bicyclic) bond motifs is 1. The normalized spacial score (nSPS) is 13.0. The van der Waals surface area contributed by atoms with E-state index in [4.69, 9.17) is 9.15 Å². The number of benzene rings is 1. The molecule has 0 saturated carbocycles. The Morgan fingerprint density at radius 3 is 2.96 bits per heavy atom. The first kappa shape index (κ1) is 17.3. The first-order valence-electron chi connectivity index (χ1n) is 8.19. The first-order chi connectivity index (χ1) is 13.0. The van der Waals surface area contributed by atoms with Crippen LogP contribution in [0.5, 0.6) is 5.75 Å². The molecule has 1 aromatic carbocycles. The summed E-state index contributed by atoms with van der Waals surface area (Å²) in [6.45, 7) is 1.85. The van der Waals surface area contributed by atoms with Gasteiger partial charge in [0.1, 0.15) is 11.5 Å². The van der Waals surface area contributed by atoms with E-state index >= 15 is 0 Å². The molecule has 27 heavy (non-hydrogen) atoms. The summed E-state index contributed by atoms with van der Waals surface area (Å²) in [5, 5.41) is 11.7. The van der Waals surface area contributed by atoms with Crippen molar-refractivity contribution in [1.82, 2.24) is 14.8 Å². The van der Waals surface area contributed by atoms with Crippen LogP contribution in [-0.4, -0.2) is 38.8 Å². The second-order valence-electron chi connectivity index (χ2n) is 6.02. The van der Waals surface area contributed by atoms with Gasteiger partial charge in [0.25, 0.3) is 5.91 Å². The SMILES string of the molecule is Cc1occc1-c1nnc(SCC(=O)c2ccc3c(c2)NC(=O)CO3)n1C. The summed E-state index contributed by atoms with van der Waals surface area (Å²) in [5.74, 6) is 1.90. The number of aromatic nitrogens is 3. The number of carbonyl (C=O) groups is 2. The van der Waals surface area contributed by atoms with Crippen LogP contribution in [0.1, 0.15) is 16.1 Å². The Morgan fingerprint density at radius 1 is 1.33 bits per heavy atom. The highest BCUT2D eigenvalue weighted by Gasteiger charge is 2.19. The summed E-state index contributed by atoms with van der Waals surface area (Å²) >= 11 is 1.30. The van der Waals surface area contributed by atoms with E-state index in [1.165, 1.54) is 11.8 Å². The number of aryl methyl sites for hydroxylation is 1. The molecule has 1 N–H and O–H groups in total. The smallest absolute Gasteiger partial charge is 0.262 e. The zero-order valence-electron chi connectivity index (χ0n) is 14.7. The number of Topliss-reactive ketones (excluding diaryl/α,β-unsaturated/α-hetero) is 1. The summed E-state index contributed by atoms with van der Waals surface area (Å²) in [4.78, 5) is 24.0. The number of hydrogen-bond donors (Lipinski definition) is 1. The molecule has 0 saturated heterocycles. The van der Waals surface area contributed by atoms with Gasteiger partial charge in [-0.15, -0.1) is 10.2 Å². The molecule has 0 fully saturated rings. The summed E-state index contributed by atoms with van der Waals surface area (Å²) in [6, 6.07) is 6.85. The maximum atomic E-state index is 12.5. The van der Waals surface area contributed by atoms with Gasteiger partial charge in [-0.1, -0.05) is 11.8 Å². The van der Waals surface area contributed by atoms with Crippen LogP contribution in [0.25, 0.3) is 11.4 Å². The summed E-state index contributed by atoms with van der Waals surface area (Å²) < 4.78 is 12.4. The fourth-order valence-corrected chi connectivity index (χ4v) is 3.57. The number of ether oxygens (including phenoxy) is 1. The van der Waals surface area contributed by atoms with E-state index in [2.05, 4.69) is 15.5 Å².